The molecule has 0 saturated heterocycles. The molecule has 1 N–H and O–H groups in total. The number of carbonyl (C=O) groups is 1. The van der Waals surface area contributed by atoms with Gasteiger partial charge in [0, 0.05) is 15.5 Å². The van der Waals surface area contributed by atoms with E-state index < -0.39 is 0 Å². The lowest BCUT2D eigenvalue weighted by Gasteiger charge is -2.06. The minimum absolute atomic E-state index is 0.0991. The molecule has 0 atom stereocenters. The van der Waals surface area contributed by atoms with Gasteiger partial charge in [0.1, 0.15) is 0 Å². The van der Waals surface area contributed by atoms with Crippen molar-refractivity contribution in [3.8, 4) is 0 Å². The molecule has 1 aromatic heterocycles. The van der Waals surface area contributed by atoms with Crippen LogP contribution in [0.15, 0.2) is 33.4 Å². The normalized spacial score (nSPS) is 10.3. The van der Waals surface area contributed by atoms with Crippen molar-refractivity contribution in [3.63, 3.8) is 0 Å². The van der Waals surface area contributed by atoms with Crippen molar-refractivity contribution >= 4 is 50.5 Å². The first-order valence-electron chi connectivity index (χ1n) is 4.87. The first kappa shape index (κ1) is 12.6. The lowest BCUT2D eigenvalue weighted by Crippen LogP contribution is -2.11. The summed E-state index contributed by atoms with van der Waals surface area (Å²) in [6.45, 7) is 1.92. The third kappa shape index (κ3) is 2.89. The Hall–Kier alpha value is -0.840. The molecule has 2 aromatic rings. The lowest BCUT2D eigenvalue weighted by atomic mass is 10.2. The highest BCUT2D eigenvalue weighted by Gasteiger charge is 2.10. The molecule has 5 heteroatoms. The van der Waals surface area contributed by atoms with Crippen LogP contribution in [0.4, 0.5) is 5.69 Å². The summed E-state index contributed by atoms with van der Waals surface area (Å²) >= 11 is 10.7. The van der Waals surface area contributed by atoms with Gasteiger partial charge in [-0.05, 0) is 52.0 Å². The maximum atomic E-state index is 11.9. The van der Waals surface area contributed by atoms with Crippen molar-refractivity contribution in [1.29, 1.82) is 0 Å². The standard InChI is InChI=1S/C12H9BrClNOS/c1-7-5-17-6-9(7)12(16)15-8-2-3-11(14)10(13)4-8/h2-6H,1H3,(H,15,16). The smallest absolute Gasteiger partial charge is 0.256 e. The van der Waals surface area contributed by atoms with Gasteiger partial charge in [-0.3, -0.25) is 4.79 Å². The zero-order chi connectivity index (χ0) is 12.4. The van der Waals surface area contributed by atoms with E-state index >= 15 is 0 Å². The van der Waals surface area contributed by atoms with Gasteiger partial charge >= 0.3 is 0 Å². The minimum atomic E-state index is -0.0991. The first-order chi connectivity index (χ1) is 8.08. The van der Waals surface area contributed by atoms with Crippen molar-refractivity contribution in [2.45, 2.75) is 6.92 Å². The molecule has 0 unspecified atom stereocenters. The van der Waals surface area contributed by atoms with Gasteiger partial charge in [-0.1, -0.05) is 11.6 Å². The summed E-state index contributed by atoms with van der Waals surface area (Å²) in [6.07, 6.45) is 0. The average molecular weight is 331 g/mol. The number of hydrogen-bond acceptors (Lipinski definition) is 2. The molecule has 2 rings (SSSR count). The number of hydrogen-bond donors (Lipinski definition) is 1. The second-order valence-electron chi connectivity index (χ2n) is 3.55. The van der Waals surface area contributed by atoms with Crippen LogP contribution in [-0.4, -0.2) is 5.91 Å². The van der Waals surface area contributed by atoms with Crippen LogP contribution in [0, 0.1) is 6.92 Å². The van der Waals surface area contributed by atoms with Crippen molar-refractivity contribution < 1.29 is 4.79 Å². The van der Waals surface area contributed by atoms with Crippen LogP contribution in [0.25, 0.3) is 0 Å². The van der Waals surface area contributed by atoms with Gasteiger partial charge in [-0.2, -0.15) is 11.3 Å². The first-order valence-corrected chi connectivity index (χ1v) is 6.98. The Bertz CT molecular complexity index is 567. The van der Waals surface area contributed by atoms with E-state index in [1.54, 1.807) is 18.2 Å². The van der Waals surface area contributed by atoms with E-state index in [0.29, 0.717) is 10.6 Å². The molecular formula is C12H9BrClNOS. The Balaban J connectivity index is 2.19. The number of amides is 1. The number of halogens is 2. The Kier molecular flexibility index (Phi) is 3.86. The summed E-state index contributed by atoms with van der Waals surface area (Å²) in [5.41, 5.74) is 2.42. The van der Waals surface area contributed by atoms with Crippen LogP contribution in [0.1, 0.15) is 15.9 Å². The van der Waals surface area contributed by atoms with Gasteiger partial charge in [0.05, 0.1) is 10.6 Å². The third-order valence-electron chi connectivity index (χ3n) is 2.28. The van der Waals surface area contributed by atoms with Crippen molar-refractivity contribution in [2.24, 2.45) is 0 Å². The summed E-state index contributed by atoms with van der Waals surface area (Å²) in [6, 6.07) is 5.29. The van der Waals surface area contributed by atoms with Gasteiger partial charge in [-0.15, -0.1) is 0 Å². The molecular weight excluding hydrogens is 322 g/mol. The number of nitrogens with one attached hydrogen (secondary N) is 1. The topological polar surface area (TPSA) is 29.1 Å². The number of carbonyl (C=O) groups excluding carboxylic acids is 1. The van der Waals surface area contributed by atoms with E-state index in [9.17, 15) is 4.79 Å². The zero-order valence-electron chi connectivity index (χ0n) is 8.96. The van der Waals surface area contributed by atoms with Gasteiger partial charge in [0.25, 0.3) is 5.91 Å². The highest BCUT2D eigenvalue weighted by Crippen LogP contribution is 2.26. The van der Waals surface area contributed by atoms with Crippen LogP contribution in [0.3, 0.4) is 0 Å². The van der Waals surface area contributed by atoms with Crippen molar-refractivity contribution in [3.05, 3.63) is 49.6 Å². The molecule has 17 heavy (non-hydrogen) atoms. The van der Waals surface area contributed by atoms with Gasteiger partial charge in [-0.25, -0.2) is 0 Å². The third-order valence-corrected chi connectivity index (χ3v) is 4.35. The molecule has 2 nitrogen and oxygen atoms in total. The number of benzene rings is 1. The van der Waals surface area contributed by atoms with Crippen LogP contribution in [0.5, 0.6) is 0 Å². The van der Waals surface area contributed by atoms with Crippen LogP contribution in [-0.2, 0) is 0 Å². The Morgan fingerprint density at radius 2 is 2.18 bits per heavy atom. The number of aryl methyl sites for hydroxylation is 1. The summed E-state index contributed by atoms with van der Waals surface area (Å²) < 4.78 is 0.763. The molecule has 1 aromatic carbocycles. The summed E-state index contributed by atoms with van der Waals surface area (Å²) in [5, 5.41) is 7.25. The highest BCUT2D eigenvalue weighted by molar-refractivity contribution is 9.10. The maximum absolute atomic E-state index is 11.9. The SMILES string of the molecule is Cc1cscc1C(=O)Nc1ccc(Cl)c(Br)c1. The molecule has 0 aliphatic heterocycles. The fourth-order valence-electron chi connectivity index (χ4n) is 1.37. The predicted octanol–water partition coefficient (Wildman–Crippen LogP) is 4.72. The number of rotatable bonds is 2. The number of anilines is 1. The Labute approximate surface area is 117 Å². The molecule has 1 amide bonds. The summed E-state index contributed by atoms with van der Waals surface area (Å²) in [7, 11) is 0. The van der Waals surface area contributed by atoms with E-state index in [0.717, 1.165) is 15.7 Å². The second-order valence-corrected chi connectivity index (χ2v) is 5.56. The largest absolute Gasteiger partial charge is 0.322 e. The molecule has 1 heterocycles. The van der Waals surface area contributed by atoms with Gasteiger partial charge in [0.2, 0.25) is 0 Å². The van der Waals surface area contributed by atoms with Crippen molar-refractivity contribution in [2.75, 3.05) is 5.32 Å². The molecule has 0 aliphatic carbocycles. The van der Waals surface area contributed by atoms with Gasteiger partial charge in [0.15, 0.2) is 0 Å². The fraction of sp³-hybridized carbons (Fsp3) is 0.0833. The average Bonchev–Trinajstić information content (AvgIpc) is 2.70. The van der Waals surface area contributed by atoms with E-state index in [4.69, 9.17) is 11.6 Å². The summed E-state index contributed by atoms with van der Waals surface area (Å²) in [4.78, 5) is 11.9. The lowest BCUT2D eigenvalue weighted by molar-refractivity contribution is 0.102. The monoisotopic (exact) mass is 329 g/mol. The van der Waals surface area contributed by atoms with Crippen LogP contribution < -0.4 is 5.32 Å². The molecule has 0 spiro atoms. The quantitative estimate of drug-likeness (QED) is 0.847. The molecule has 0 radical (unpaired) electrons. The fourth-order valence-corrected chi connectivity index (χ4v) is 2.69. The van der Waals surface area contributed by atoms with Gasteiger partial charge < -0.3 is 5.32 Å². The molecule has 0 bridgehead atoms. The molecule has 0 fully saturated rings. The Morgan fingerprint density at radius 1 is 1.41 bits per heavy atom. The number of thiophene rings is 1. The highest BCUT2D eigenvalue weighted by atomic mass is 79.9. The van der Waals surface area contributed by atoms with E-state index in [1.165, 1.54) is 11.3 Å². The van der Waals surface area contributed by atoms with Crippen molar-refractivity contribution in [1.82, 2.24) is 0 Å². The van der Waals surface area contributed by atoms with Crippen LogP contribution >= 0.6 is 38.9 Å². The van der Waals surface area contributed by atoms with Crippen LogP contribution in [0.2, 0.25) is 5.02 Å². The molecule has 0 aliphatic rings. The van der Waals surface area contributed by atoms with E-state index in [1.807, 2.05) is 17.7 Å². The molecule has 88 valence electrons. The Morgan fingerprint density at radius 3 is 2.76 bits per heavy atom. The summed E-state index contributed by atoms with van der Waals surface area (Å²) in [5.74, 6) is -0.0991. The van der Waals surface area contributed by atoms with E-state index in [2.05, 4.69) is 21.2 Å². The zero-order valence-corrected chi connectivity index (χ0v) is 12.1. The predicted molar refractivity (Wildman–Crippen MR) is 76.2 cm³/mol. The second kappa shape index (κ2) is 5.21. The maximum Gasteiger partial charge on any atom is 0.256 e. The molecule has 0 saturated carbocycles. The van der Waals surface area contributed by atoms with E-state index in [-0.39, 0.29) is 5.91 Å². The minimum Gasteiger partial charge on any atom is -0.322 e.